The minimum atomic E-state index is 0.133. The average Bonchev–Trinajstić information content (AvgIpc) is 3.02. The molecule has 1 atom stereocenters. The van der Waals surface area contributed by atoms with E-state index in [0.29, 0.717) is 6.54 Å². The Balaban J connectivity index is 1.94. The summed E-state index contributed by atoms with van der Waals surface area (Å²) in [4.78, 5) is 22.4. The fraction of sp³-hybridized carbons (Fsp3) is 0.600. The maximum Gasteiger partial charge on any atom is 0.237 e. The number of nitrogens with zero attached hydrogens (tertiary/aromatic N) is 4. The minimum absolute atomic E-state index is 0.133. The van der Waals surface area contributed by atoms with Crippen molar-refractivity contribution in [1.82, 2.24) is 19.2 Å². The molecule has 21 heavy (non-hydrogen) atoms. The number of thiazole rings is 1. The molecule has 1 amide bonds. The summed E-state index contributed by atoms with van der Waals surface area (Å²) in [6, 6.07) is 0.133. The van der Waals surface area contributed by atoms with Gasteiger partial charge in [-0.1, -0.05) is 0 Å². The third-order valence-corrected chi connectivity index (χ3v) is 4.94. The molecule has 0 N–H and O–H groups in total. The quantitative estimate of drug-likeness (QED) is 0.874. The summed E-state index contributed by atoms with van der Waals surface area (Å²) in [6.45, 7) is 3.34. The van der Waals surface area contributed by atoms with E-state index in [1.165, 1.54) is 11.3 Å². The number of rotatable bonds is 3. The van der Waals surface area contributed by atoms with Crippen molar-refractivity contribution in [2.45, 2.75) is 32.2 Å². The van der Waals surface area contributed by atoms with Crippen molar-refractivity contribution in [3.63, 3.8) is 0 Å². The highest BCUT2D eigenvalue weighted by Gasteiger charge is 2.31. The summed E-state index contributed by atoms with van der Waals surface area (Å²) >= 11 is 1.71. The molecule has 3 rings (SSSR count). The van der Waals surface area contributed by atoms with Crippen LogP contribution in [-0.2, 0) is 4.79 Å². The molecule has 1 aliphatic rings. The van der Waals surface area contributed by atoms with E-state index in [2.05, 4.69) is 16.0 Å². The molecule has 2 aromatic heterocycles. The average molecular weight is 306 g/mol. The largest absolute Gasteiger partial charge is 0.333 e. The van der Waals surface area contributed by atoms with Gasteiger partial charge in [0, 0.05) is 18.1 Å². The Kier molecular flexibility index (Phi) is 3.99. The van der Waals surface area contributed by atoms with Crippen LogP contribution < -0.4 is 0 Å². The standard InChI is InChI=1S/C15H22N4OS/c1-11-16-14(15-18(11)8-9-21-15)12-6-4-5-7-19(12)13(20)10-17(2)3/h8-9,12H,4-7,10H2,1-3H3. The highest BCUT2D eigenvalue weighted by molar-refractivity contribution is 7.15. The van der Waals surface area contributed by atoms with Gasteiger partial charge >= 0.3 is 0 Å². The van der Waals surface area contributed by atoms with Crippen LogP contribution in [0.2, 0.25) is 0 Å². The predicted octanol–water partition coefficient (Wildman–Crippen LogP) is 2.32. The van der Waals surface area contributed by atoms with E-state index in [1.54, 1.807) is 11.3 Å². The molecule has 0 saturated carbocycles. The number of hydrogen-bond donors (Lipinski definition) is 0. The fourth-order valence-corrected chi connectivity index (χ4v) is 4.01. The van der Waals surface area contributed by atoms with Gasteiger partial charge in [0.25, 0.3) is 0 Å². The molecule has 114 valence electrons. The second-order valence-electron chi connectivity index (χ2n) is 5.96. The summed E-state index contributed by atoms with van der Waals surface area (Å²) < 4.78 is 2.13. The second kappa shape index (κ2) is 5.77. The van der Waals surface area contributed by atoms with Gasteiger partial charge in [0.2, 0.25) is 5.91 Å². The first kappa shape index (κ1) is 14.5. The summed E-state index contributed by atoms with van der Waals surface area (Å²) in [5.74, 6) is 1.21. The van der Waals surface area contributed by atoms with Crippen molar-refractivity contribution in [3.8, 4) is 0 Å². The molecule has 0 radical (unpaired) electrons. The maximum atomic E-state index is 12.5. The molecule has 0 aliphatic carbocycles. The third kappa shape index (κ3) is 2.70. The molecule has 2 aromatic rings. The van der Waals surface area contributed by atoms with E-state index in [-0.39, 0.29) is 11.9 Å². The zero-order valence-electron chi connectivity index (χ0n) is 12.9. The number of imidazole rings is 1. The molecule has 5 nitrogen and oxygen atoms in total. The Morgan fingerprint density at radius 1 is 1.48 bits per heavy atom. The number of likely N-dealkylation sites (N-methyl/N-ethyl adjacent to an activating group) is 1. The molecule has 1 saturated heterocycles. The van der Waals surface area contributed by atoms with Crippen molar-refractivity contribution in [2.24, 2.45) is 0 Å². The van der Waals surface area contributed by atoms with Crippen molar-refractivity contribution < 1.29 is 4.79 Å². The highest BCUT2D eigenvalue weighted by Crippen LogP contribution is 2.34. The molecule has 1 fully saturated rings. The smallest absolute Gasteiger partial charge is 0.237 e. The van der Waals surface area contributed by atoms with Crippen LogP contribution in [-0.4, -0.2) is 52.3 Å². The molecule has 0 bridgehead atoms. The molecule has 1 aliphatic heterocycles. The first-order chi connectivity index (χ1) is 10.1. The number of likely N-dealkylation sites (tertiary alicyclic amines) is 1. The van der Waals surface area contributed by atoms with Gasteiger partial charge in [0.05, 0.1) is 18.3 Å². The van der Waals surface area contributed by atoms with Crippen LogP contribution in [0.25, 0.3) is 4.83 Å². The van der Waals surface area contributed by atoms with Gasteiger partial charge in [-0.2, -0.15) is 0 Å². The number of piperidine rings is 1. The number of aryl methyl sites for hydroxylation is 1. The lowest BCUT2D eigenvalue weighted by Crippen LogP contribution is -2.43. The predicted molar refractivity (Wildman–Crippen MR) is 84.7 cm³/mol. The molecule has 0 aromatic carbocycles. The van der Waals surface area contributed by atoms with Crippen LogP contribution in [0.3, 0.4) is 0 Å². The summed E-state index contributed by atoms with van der Waals surface area (Å²) in [5, 5.41) is 2.09. The van der Waals surface area contributed by atoms with Gasteiger partial charge in [-0.05, 0) is 40.3 Å². The van der Waals surface area contributed by atoms with E-state index in [1.807, 2.05) is 30.8 Å². The van der Waals surface area contributed by atoms with Crippen LogP contribution in [0.1, 0.15) is 36.8 Å². The lowest BCUT2D eigenvalue weighted by molar-refractivity contribution is -0.135. The molecular weight excluding hydrogens is 284 g/mol. The summed E-state index contributed by atoms with van der Waals surface area (Å²) in [5.41, 5.74) is 1.08. The second-order valence-corrected chi connectivity index (χ2v) is 6.85. The highest BCUT2D eigenvalue weighted by atomic mass is 32.1. The summed E-state index contributed by atoms with van der Waals surface area (Å²) in [6.07, 6.45) is 5.33. The van der Waals surface area contributed by atoms with E-state index >= 15 is 0 Å². The SMILES string of the molecule is Cc1nc(C2CCCCN2C(=O)CN(C)C)c2sccn12. The van der Waals surface area contributed by atoms with Crippen molar-refractivity contribution in [3.05, 3.63) is 23.1 Å². The number of hydrogen-bond acceptors (Lipinski definition) is 4. The van der Waals surface area contributed by atoms with Crippen molar-refractivity contribution >= 4 is 22.1 Å². The molecular formula is C15H22N4OS. The summed E-state index contributed by atoms with van der Waals surface area (Å²) in [7, 11) is 3.88. The van der Waals surface area contributed by atoms with Gasteiger partial charge in [-0.3, -0.25) is 9.20 Å². The van der Waals surface area contributed by atoms with Crippen LogP contribution in [0.15, 0.2) is 11.6 Å². The van der Waals surface area contributed by atoms with Gasteiger partial charge in [0.1, 0.15) is 10.7 Å². The monoisotopic (exact) mass is 306 g/mol. The van der Waals surface area contributed by atoms with E-state index in [9.17, 15) is 4.79 Å². The molecule has 3 heterocycles. The lowest BCUT2D eigenvalue weighted by Gasteiger charge is -2.35. The normalized spacial score (nSPS) is 19.6. The first-order valence-corrected chi connectivity index (χ1v) is 8.32. The van der Waals surface area contributed by atoms with E-state index < -0.39 is 0 Å². The number of amides is 1. The molecule has 1 unspecified atom stereocenters. The molecule has 0 spiro atoms. The van der Waals surface area contributed by atoms with Gasteiger partial charge in [0.15, 0.2) is 0 Å². The van der Waals surface area contributed by atoms with E-state index in [0.717, 1.165) is 30.9 Å². The zero-order valence-corrected chi connectivity index (χ0v) is 13.7. The Labute approximate surface area is 129 Å². The van der Waals surface area contributed by atoms with Crippen molar-refractivity contribution in [1.29, 1.82) is 0 Å². The first-order valence-electron chi connectivity index (χ1n) is 7.44. The van der Waals surface area contributed by atoms with Crippen LogP contribution in [0.5, 0.6) is 0 Å². The lowest BCUT2D eigenvalue weighted by atomic mass is 9.99. The van der Waals surface area contributed by atoms with Crippen LogP contribution in [0, 0.1) is 6.92 Å². The Bertz CT molecular complexity index is 645. The zero-order chi connectivity index (χ0) is 15.0. The van der Waals surface area contributed by atoms with E-state index in [4.69, 9.17) is 4.98 Å². The third-order valence-electron chi connectivity index (χ3n) is 4.05. The number of carbonyl (C=O) groups is 1. The van der Waals surface area contributed by atoms with Crippen LogP contribution in [0.4, 0.5) is 0 Å². The van der Waals surface area contributed by atoms with Crippen molar-refractivity contribution in [2.75, 3.05) is 27.2 Å². The topological polar surface area (TPSA) is 40.9 Å². The van der Waals surface area contributed by atoms with Gasteiger partial charge < -0.3 is 9.80 Å². The minimum Gasteiger partial charge on any atom is -0.333 e. The Morgan fingerprint density at radius 2 is 2.29 bits per heavy atom. The Morgan fingerprint density at radius 3 is 3.05 bits per heavy atom. The van der Waals surface area contributed by atoms with Gasteiger partial charge in [-0.15, -0.1) is 11.3 Å². The molecule has 6 heteroatoms. The fourth-order valence-electron chi connectivity index (χ4n) is 3.09. The number of aromatic nitrogens is 2. The van der Waals surface area contributed by atoms with Crippen LogP contribution >= 0.6 is 11.3 Å². The number of carbonyl (C=O) groups excluding carboxylic acids is 1. The maximum absolute atomic E-state index is 12.5. The van der Waals surface area contributed by atoms with Gasteiger partial charge in [-0.25, -0.2) is 4.98 Å². The number of fused-ring (bicyclic) bond motifs is 1. The Hall–Kier alpha value is -1.40.